The van der Waals surface area contributed by atoms with E-state index in [1.54, 1.807) is 19.3 Å². The van der Waals surface area contributed by atoms with Gasteiger partial charge < -0.3 is 10.3 Å². The molecule has 0 aromatic carbocycles. The van der Waals surface area contributed by atoms with Gasteiger partial charge in [0.05, 0.1) is 19.4 Å². The van der Waals surface area contributed by atoms with Gasteiger partial charge in [0, 0.05) is 13.2 Å². The van der Waals surface area contributed by atoms with Crippen LogP contribution in [-0.4, -0.2) is 10.4 Å². The van der Waals surface area contributed by atoms with Crippen molar-refractivity contribution in [2.24, 2.45) is 12.8 Å². The van der Waals surface area contributed by atoms with Gasteiger partial charge in [-0.25, -0.2) is 0 Å². The lowest BCUT2D eigenvalue weighted by atomic mass is 10.3. The van der Waals surface area contributed by atoms with E-state index in [2.05, 4.69) is 15.9 Å². The summed E-state index contributed by atoms with van der Waals surface area (Å²) < 4.78 is 3.18. The second kappa shape index (κ2) is 3.46. The molecule has 0 aliphatic carbocycles. The molecule has 0 aliphatic heterocycles. The topological polar surface area (TPSA) is 71.9 Å². The molecule has 0 radical (unpaired) electrons. The van der Waals surface area contributed by atoms with Gasteiger partial charge in [-0.3, -0.25) is 10.2 Å². The number of aryl methyl sites for hydroxylation is 1. The Morgan fingerprint density at radius 2 is 2.33 bits per heavy atom. The molecule has 0 aliphatic rings. The summed E-state index contributed by atoms with van der Waals surface area (Å²) in [4.78, 5) is 12.4. The van der Waals surface area contributed by atoms with Gasteiger partial charge in [-0.2, -0.15) is 0 Å². The summed E-state index contributed by atoms with van der Waals surface area (Å²) in [5.74, 6) is -0.00912. The molecule has 0 saturated heterocycles. The molecule has 3 N–H and O–H groups in total. The molecule has 2 heterocycles. The number of aromatic nitrogens is 1. The Bertz CT molecular complexity index is 614. The molecule has 2 aromatic rings. The van der Waals surface area contributed by atoms with E-state index in [-0.39, 0.29) is 11.4 Å². The van der Waals surface area contributed by atoms with Gasteiger partial charge in [-0.05, 0) is 22.0 Å². The Hall–Kier alpha value is -1.14. The molecule has 0 unspecified atom stereocenters. The Labute approximate surface area is 98.0 Å². The zero-order chi connectivity index (χ0) is 11.2. The zero-order valence-corrected chi connectivity index (χ0v) is 10.3. The van der Waals surface area contributed by atoms with Crippen LogP contribution in [0.5, 0.6) is 0 Å². The van der Waals surface area contributed by atoms with Crippen molar-refractivity contribution in [1.29, 1.82) is 5.41 Å². The summed E-state index contributed by atoms with van der Waals surface area (Å²) >= 11 is 4.73. The largest absolute Gasteiger partial charge is 0.383 e. The van der Waals surface area contributed by atoms with Crippen molar-refractivity contribution in [2.45, 2.75) is 0 Å². The highest BCUT2D eigenvalue weighted by molar-refractivity contribution is 9.10. The molecule has 0 bridgehead atoms. The molecule has 0 saturated carbocycles. The van der Waals surface area contributed by atoms with E-state index in [1.807, 2.05) is 0 Å². The number of amidine groups is 1. The monoisotopic (exact) mass is 285 g/mol. The van der Waals surface area contributed by atoms with Crippen molar-refractivity contribution in [3.8, 4) is 0 Å². The van der Waals surface area contributed by atoms with Crippen molar-refractivity contribution >= 4 is 43.2 Å². The fraction of sp³-hybridized carbons (Fsp3) is 0.111. The van der Waals surface area contributed by atoms with Gasteiger partial charge in [0.15, 0.2) is 0 Å². The lowest BCUT2D eigenvalue weighted by Crippen LogP contribution is -2.15. The molecule has 0 spiro atoms. The van der Waals surface area contributed by atoms with E-state index in [0.717, 1.165) is 9.17 Å². The number of nitrogens with two attached hydrogens (primary N) is 1. The number of fused-ring (bicyclic) bond motifs is 1. The Morgan fingerprint density at radius 1 is 1.67 bits per heavy atom. The van der Waals surface area contributed by atoms with Crippen molar-refractivity contribution in [3.63, 3.8) is 0 Å². The van der Waals surface area contributed by atoms with Gasteiger partial charge in [0.25, 0.3) is 5.56 Å². The third-order valence-electron chi connectivity index (χ3n) is 2.07. The van der Waals surface area contributed by atoms with E-state index >= 15 is 0 Å². The quantitative estimate of drug-likeness (QED) is 0.618. The molecule has 0 fully saturated rings. The minimum Gasteiger partial charge on any atom is -0.383 e. The van der Waals surface area contributed by atoms with Gasteiger partial charge in [0.2, 0.25) is 0 Å². The summed E-state index contributed by atoms with van der Waals surface area (Å²) in [6.07, 6.45) is 1.71. The Balaban J connectivity index is 2.92. The number of pyridine rings is 1. The van der Waals surface area contributed by atoms with Crippen molar-refractivity contribution in [3.05, 3.63) is 32.0 Å². The maximum absolute atomic E-state index is 11.8. The van der Waals surface area contributed by atoms with Gasteiger partial charge >= 0.3 is 0 Å². The normalized spacial score (nSPS) is 10.8. The van der Waals surface area contributed by atoms with E-state index in [0.29, 0.717) is 10.3 Å². The summed E-state index contributed by atoms with van der Waals surface area (Å²) in [5, 5.41) is 7.93. The summed E-state index contributed by atoms with van der Waals surface area (Å²) in [7, 11) is 1.69. The average molecular weight is 286 g/mol. The lowest BCUT2D eigenvalue weighted by molar-refractivity contribution is 0.870. The highest BCUT2D eigenvalue weighted by atomic mass is 79.9. The predicted molar refractivity (Wildman–Crippen MR) is 65.8 cm³/mol. The van der Waals surface area contributed by atoms with Crippen LogP contribution in [0, 0.1) is 5.41 Å². The number of nitrogen functional groups attached to an aromatic ring is 1. The van der Waals surface area contributed by atoms with Crippen LogP contribution in [0.25, 0.3) is 10.1 Å². The van der Waals surface area contributed by atoms with Gasteiger partial charge in [0.1, 0.15) is 5.84 Å². The summed E-state index contributed by atoms with van der Waals surface area (Å²) in [5.41, 5.74) is 5.31. The number of hydrogen-bond acceptors (Lipinski definition) is 3. The highest BCUT2D eigenvalue weighted by Gasteiger charge is 2.11. The van der Waals surface area contributed by atoms with E-state index in [9.17, 15) is 4.79 Å². The molecule has 0 atom stereocenters. The van der Waals surface area contributed by atoms with Crippen LogP contribution in [0.4, 0.5) is 0 Å². The first-order valence-electron chi connectivity index (χ1n) is 4.14. The second-order valence-electron chi connectivity index (χ2n) is 3.16. The predicted octanol–water partition coefficient (Wildman–Crippen LogP) is 1.65. The number of nitrogens with zero attached hydrogens (tertiary/aromatic N) is 1. The molecule has 78 valence electrons. The molecule has 2 aromatic heterocycles. The van der Waals surface area contributed by atoms with Crippen LogP contribution in [-0.2, 0) is 7.05 Å². The Kier molecular flexibility index (Phi) is 2.40. The van der Waals surface area contributed by atoms with E-state index < -0.39 is 0 Å². The number of rotatable bonds is 1. The second-order valence-corrected chi connectivity index (χ2v) is 5.07. The number of halogens is 1. The fourth-order valence-corrected chi connectivity index (χ4v) is 3.01. The first-order chi connectivity index (χ1) is 7.00. The van der Waals surface area contributed by atoms with Crippen LogP contribution in [0.1, 0.15) is 4.88 Å². The van der Waals surface area contributed by atoms with Crippen LogP contribution >= 0.6 is 27.3 Å². The summed E-state index contributed by atoms with van der Waals surface area (Å²) in [6.45, 7) is 0. The number of thiophene rings is 1. The average Bonchev–Trinajstić information content (AvgIpc) is 2.59. The minimum absolute atomic E-state index is 0.00912. The molecule has 2 rings (SSSR count). The molecular weight excluding hydrogens is 278 g/mol. The minimum atomic E-state index is -0.0723. The van der Waals surface area contributed by atoms with Crippen molar-refractivity contribution in [2.75, 3.05) is 0 Å². The smallest absolute Gasteiger partial charge is 0.259 e. The van der Waals surface area contributed by atoms with E-state index in [1.165, 1.54) is 15.9 Å². The molecule has 6 heteroatoms. The van der Waals surface area contributed by atoms with Gasteiger partial charge in [-0.1, -0.05) is 0 Å². The maximum atomic E-state index is 11.8. The van der Waals surface area contributed by atoms with Crippen LogP contribution < -0.4 is 11.3 Å². The van der Waals surface area contributed by atoms with Gasteiger partial charge in [-0.15, -0.1) is 11.3 Å². The van der Waals surface area contributed by atoms with Crippen LogP contribution in [0.15, 0.2) is 21.5 Å². The van der Waals surface area contributed by atoms with Crippen molar-refractivity contribution in [1.82, 2.24) is 4.57 Å². The first-order valence-corrected chi connectivity index (χ1v) is 5.74. The Morgan fingerprint density at radius 3 is 2.93 bits per heavy atom. The molecule has 4 nitrogen and oxygen atoms in total. The standard InChI is InChI=1S/C9H8BrN3OS/c1-13-3-5(10)7-4(9(13)14)2-6(15-7)8(11)12/h2-3H,1H3,(H3,11,12). The third-order valence-corrected chi connectivity index (χ3v) is 4.14. The number of nitrogens with one attached hydrogen (secondary N) is 1. The van der Waals surface area contributed by atoms with Crippen LogP contribution in [0.2, 0.25) is 0 Å². The molecular formula is C9H8BrN3OS. The first kappa shape index (κ1) is 10.4. The van der Waals surface area contributed by atoms with Crippen LogP contribution in [0.3, 0.4) is 0 Å². The number of hydrogen-bond donors (Lipinski definition) is 2. The SMILES string of the molecule is Cn1cc(Br)c2sc(C(=N)N)cc2c1=O. The summed E-state index contributed by atoms with van der Waals surface area (Å²) in [6, 6.07) is 1.66. The van der Waals surface area contributed by atoms with E-state index in [4.69, 9.17) is 11.1 Å². The molecule has 0 amide bonds. The zero-order valence-electron chi connectivity index (χ0n) is 7.87. The highest BCUT2D eigenvalue weighted by Crippen LogP contribution is 2.29. The van der Waals surface area contributed by atoms with Crippen molar-refractivity contribution < 1.29 is 0 Å². The fourth-order valence-electron chi connectivity index (χ4n) is 1.34. The maximum Gasteiger partial charge on any atom is 0.259 e. The molecule has 15 heavy (non-hydrogen) atoms. The lowest BCUT2D eigenvalue weighted by Gasteiger charge is -1.98. The third kappa shape index (κ3) is 1.59.